The van der Waals surface area contributed by atoms with Gasteiger partial charge in [0, 0.05) is 24.5 Å². The molecule has 1 N–H and O–H groups in total. The standard InChI is InChI=1S/C22H35N3O/c1-18(2)25-13-7-8-19(16-25)21(26)23-17-22(11-14-24(3)15-12-22)20-9-5-4-6-10-20/h4-6,9-10,18-19H,7-8,11-17H2,1-3H3,(H,23,26)/t19-/m0/s1. The molecule has 3 rings (SSSR count). The summed E-state index contributed by atoms with van der Waals surface area (Å²) in [6, 6.07) is 11.3. The Labute approximate surface area is 158 Å². The fourth-order valence-electron chi connectivity index (χ4n) is 4.50. The maximum absolute atomic E-state index is 12.9. The van der Waals surface area contributed by atoms with Gasteiger partial charge in [-0.25, -0.2) is 0 Å². The quantitative estimate of drug-likeness (QED) is 0.880. The minimum atomic E-state index is 0.0792. The highest BCUT2D eigenvalue weighted by Gasteiger charge is 2.36. The first kappa shape index (κ1) is 19.4. The largest absolute Gasteiger partial charge is 0.355 e. The molecule has 0 radical (unpaired) electrons. The molecule has 1 aromatic carbocycles. The molecule has 26 heavy (non-hydrogen) atoms. The second-order valence-electron chi connectivity index (χ2n) is 8.60. The van der Waals surface area contributed by atoms with Crippen LogP contribution < -0.4 is 5.32 Å². The second kappa shape index (κ2) is 8.53. The van der Waals surface area contributed by atoms with Crippen LogP contribution in [0.3, 0.4) is 0 Å². The zero-order chi connectivity index (χ0) is 18.6. The predicted molar refractivity (Wildman–Crippen MR) is 107 cm³/mol. The molecule has 1 aromatic rings. The summed E-state index contributed by atoms with van der Waals surface area (Å²) in [5, 5.41) is 3.35. The van der Waals surface area contributed by atoms with E-state index < -0.39 is 0 Å². The normalized spacial score (nSPS) is 24.5. The first-order chi connectivity index (χ1) is 12.5. The molecule has 2 saturated heterocycles. The number of carbonyl (C=O) groups is 1. The molecule has 2 heterocycles. The van der Waals surface area contributed by atoms with Crippen LogP contribution in [0.5, 0.6) is 0 Å². The van der Waals surface area contributed by atoms with Crippen molar-refractivity contribution in [1.29, 1.82) is 0 Å². The van der Waals surface area contributed by atoms with Gasteiger partial charge in [0.15, 0.2) is 0 Å². The molecule has 0 spiro atoms. The number of nitrogens with one attached hydrogen (secondary N) is 1. The smallest absolute Gasteiger partial charge is 0.224 e. The van der Waals surface area contributed by atoms with E-state index in [1.54, 1.807) is 0 Å². The number of nitrogens with zero attached hydrogens (tertiary/aromatic N) is 2. The summed E-state index contributed by atoms with van der Waals surface area (Å²) in [7, 11) is 2.19. The zero-order valence-corrected chi connectivity index (χ0v) is 16.7. The highest BCUT2D eigenvalue weighted by molar-refractivity contribution is 5.79. The molecule has 2 aliphatic heterocycles. The zero-order valence-electron chi connectivity index (χ0n) is 16.7. The lowest BCUT2D eigenvalue weighted by Gasteiger charge is -2.42. The third-order valence-electron chi connectivity index (χ3n) is 6.49. The molecular weight excluding hydrogens is 322 g/mol. The lowest BCUT2D eigenvalue weighted by Crippen LogP contribution is -2.51. The van der Waals surface area contributed by atoms with Crippen LogP contribution in [0.25, 0.3) is 0 Å². The van der Waals surface area contributed by atoms with Crippen LogP contribution in [0.15, 0.2) is 30.3 Å². The van der Waals surface area contributed by atoms with Crippen molar-refractivity contribution in [3.8, 4) is 0 Å². The highest BCUT2D eigenvalue weighted by Crippen LogP contribution is 2.34. The molecule has 4 nitrogen and oxygen atoms in total. The Morgan fingerprint density at radius 1 is 1.19 bits per heavy atom. The number of rotatable bonds is 5. The number of hydrogen-bond donors (Lipinski definition) is 1. The van der Waals surface area contributed by atoms with Crippen molar-refractivity contribution in [1.82, 2.24) is 15.1 Å². The molecule has 0 aromatic heterocycles. The highest BCUT2D eigenvalue weighted by atomic mass is 16.1. The molecule has 1 amide bonds. The van der Waals surface area contributed by atoms with Crippen molar-refractivity contribution >= 4 is 5.91 Å². The minimum absolute atomic E-state index is 0.0792. The average Bonchev–Trinajstić information content (AvgIpc) is 2.68. The van der Waals surface area contributed by atoms with E-state index in [9.17, 15) is 4.79 Å². The van der Waals surface area contributed by atoms with Gasteiger partial charge < -0.3 is 15.1 Å². The van der Waals surface area contributed by atoms with Gasteiger partial charge in [-0.2, -0.15) is 0 Å². The molecule has 1 atom stereocenters. The van der Waals surface area contributed by atoms with Gasteiger partial charge in [-0.1, -0.05) is 30.3 Å². The van der Waals surface area contributed by atoms with Crippen molar-refractivity contribution in [2.45, 2.75) is 51.0 Å². The van der Waals surface area contributed by atoms with Gasteiger partial charge >= 0.3 is 0 Å². The molecule has 0 bridgehead atoms. The predicted octanol–water partition coefficient (Wildman–Crippen LogP) is 2.89. The van der Waals surface area contributed by atoms with E-state index in [-0.39, 0.29) is 17.2 Å². The lowest BCUT2D eigenvalue weighted by atomic mass is 9.72. The maximum Gasteiger partial charge on any atom is 0.224 e. The van der Waals surface area contributed by atoms with Crippen molar-refractivity contribution in [3.05, 3.63) is 35.9 Å². The van der Waals surface area contributed by atoms with Gasteiger partial charge in [0.05, 0.1) is 5.92 Å². The number of piperidine rings is 2. The van der Waals surface area contributed by atoms with E-state index in [1.807, 2.05) is 0 Å². The Morgan fingerprint density at radius 3 is 2.54 bits per heavy atom. The molecule has 4 heteroatoms. The van der Waals surface area contributed by atoms with E-state index in [0.717, 1.165) is 58.4 Å². The monoisotopic (exact) mass is 357 g/mol. The molecule has 0 unspecified atom stereocenters. The van der Waals surface area contributed by atoms with Gasteiger partial charge in [0.25, 0.3) is 0 Å². The van der Waals surface area contributed by atoms with Crippen LogP contribution in [0.1, 0.15) is 45.1 Å². The summed E-state index contributed by atoms with van der Waals surface area (Å²) in [5.41, 5.74) is 1.45. The summed E-state index contributed by atoms with van der Waals surface area (Å²) in [6.45, 7) is 9.44. The number of carbonyl (C=O) groups excluding carboxylic acids is 1. The fourth-order valence-corrected chi connectivity index (χ4v) is 4.50. The molecule has 0 saturated carbocycles. The molecule has 144 valence electrons. The maximum atomic E-state index is 12.9. The Bertz CT molecular complexity index is 578. The van der Waals surface area contributed by atoms with Crippen LogP contribution in [0.4, 0.5) is 0 Å². The third kappa shape index (κ3) is 4.47. The minimum Gasteiger partial charge on any atom is -0.355 e. The molecule has 0 aliphatic carbocycles. The Hall–Kier alpha value is -1.39. The van der Waals surface area contributed by atoms with Crippen LogP contribution in [0.2, 0.25) is 0 Å². The van der Waals surface area contributed by atoms with E-state index in [4.69, 9.17) is 0 Å². The number of benzene rings is 1. The van der Waals surface area contributed by atoms with E-state index in [2.05, 4.69) is 66.3 Å². The second-order valence-corrected chi connectivity index (χ2v) is 8.60. The SMILES string of the molecule is CC(C)N1CCC[C@H](C(=O)NCC2(c3ccccc3)CCN(C)CC2)C1. The Balaban J connectivity index is 1.65. The average molecular weight is 358 g/mol. The van der Waals surface area contributed by atoms with Gasteiger partial charge in [-0.3, -0.25) is 4.79 Å². The lowest BCUT2D eigenvalue weighted by molar-refractivity contribution is -0.127. The van der Waals surface area contributed by atoms with E-state index >= 15 is 0 Å². The fraction of sp³-hybridized carbons (Fsp3) is 0.682. The molecular formula is C22H35N3O. The molecule has 2 aliphatic rings. The number of likely N-dealkylation sites (tertiary alicyclic amines) is 2. The van der Waals surface area contributed by atoms with E-state index in [1.165, 1.54) is 5.56 Å². The van der Waals surface area contributed by atoms with Gasteiger partial charge in [0.1, 0.15) is 0 Å². The van der Waals surface area contributed by atoms with Gasteiger partial charge in [-0.05, 0) is 71.8 Å². The summed E-state index contributed by atoms with van der Waals surface area (Å²) >= 11 is 0. The van der Waals surface area contributed by atoms with Crippen LogP contribution in [-0.2, 0) is 10.2 Å². The first-order valence-corrected chi connectivity index (χ1v) is 10.3. The van der Waals surface area contributed by atoms with Crippen molar-refractivity contribution in [2.75, 3.05) is 39.8 Å². The summed E-state index contributed by atoms with van der Waals surface area (Å²) < 4.78 is 0. The summed E-state index contributed by atoms with van der Waals surface area (Å²) in [5.74, 6) is 0.398. The summed E-state index contributed by atoms with van der Waals surface area (Å²) in [4.78, 5) is 17.7. The number of amides is 1. The Morgan fingerprint density at radius 2 is 1.88 bits per heavy atom. The first-order valence-electron chi connectivity index (χ1n) is 10.3. The van der Waals surface area contributed by atoms with Gasteiger partial charge in [-0.15, -0.1) is 0 Å². The van der Waals surface area contributed by atoms with Crippen molar-refractivity contribution in [3.63, 3.8) is 0 Å². The number of hydrogen-bond acceptors (Lipinski definition) is 3. The molecule has 2 fully saturated rings. The van der Waals surface area contributed by atoms with Crippen LogP contribution in [0, 0.1) is 5.92 Å². The van der Waals surface area contributed by atoms with Crippen LogP contribution in [-0.4, -0.2) is 61.5 Å². The topological polar surface area (TPSA) is 35.6 Å². The van der Waals surface area contributed by atoms with Crippen LogP contribution >= 0.6 is 0 Å². The van der Waals surface area contributed by atoms with E-state index in [0.29, 0.717) is 6.04 Å². The Kier molecular flexibility index (Phi) is 6.36. The van der Waals surface area contributed by atoms with Crippen molar-refractivity contribution < 1.29 is 4.79 Å². The van der Waals surface area contributed by atoms with Crippen molar-refractivity contribution in [2.24, 2.45) is 5.92 Å². The summed E-state index contributed by atoms with van der Waals surface area (Å²) in [6.07, 6.45) is 4.37. The third-order valence-corrected chi connectivity index (χ3v) is 6.49. The van der Waals surface area contributed by atoms with Gasteiger partial charge in [0.2, 0.25) is 5.91 Å².